The molecule has 1 atom stereocenters. The van der Waals surface area contributed by atoms with E-state index in [2.05, 4.69) is 6.07 Å². The number of halogens is 1. The number of nitrogens with one attached hydrogen (secondary N) is 1. The number of amidine groups is 1. The molecule has 106 valence electrons. The van der Waals surface area contributed by atoms with Crippen molar-refractivity contribution in [3.8, 4) is 6.07 Å². The molecule has 0 heterocycles. The van der Waals surface area contributed by atoms with Crippen LogP contribution in [0.25, 0.3) is 0 Å². The van der Waals surface area contributed by atoms with Crippen LogP contribution in [0.1, 0.15) is 21.9 Å². The molecular weight excluding hydrogens is 302 g/mol. The first-order chi connectivity index (χ1) is 10.1. The van der Waals surface area contributed by atoms with Crippen LogP contribution in [0.15, 0.2) is 48.5 Å². The lowest BCUT2D eigenvalue weighted by Gasteiger charge is -2.17. The molecule has 0 aliphatic carbocycles. The van der Waals surface area contributed by atoms with Crippen molar-refractivity contribution in [2.24, 2.45) is 5.73 Å². The lowest BCUT2D eigenvalue weighted by Crippen LogP contribution is -2.10. The Morgan fingerprint density at radius 1 is 1.29 bits per heavy atom. The van der Waals surface area contributed by atoms with Gasteiger partial charge in [-0.1, -0.05) is 53.7 Å². The topological polar surface area (TPSA) is 73.7 Å². The molecule has 0 aliphatic rings. The van der Waals surface area contributed by atoms with Crippen molar-refractivity contribution in [3.63, 3.8) is 0 Å². The summed E-state index contributed by atoms with van der Waals surface area (Å²) in [4.78, 5) is 0. The molecule has 2 rings (SSSR count). The number of hydrogen-bond acceptors (Lipinski definition) is 3. The summed E-state index contributed by atoms with van der Waals surface area (Å²) < 4.78 is 0. The van der Waals surface area contributed by atoms with Crippen LogP contribution in [0.3, 0.4) is 0 Å². The molecule has 2 aromatic rings. The maximum atomic E-state index is 9.21. The molecule has 3 N–H and O–H groups in total. The first kappa shape index (κ1) is 15.4. The highest BCUT2D eigenvalue weighted by molar-refractivity contribution is 8.13. The molecule has 0 saturated heterocycles. The molecule has 0 aromatic heterocycles. The summed E-state index contributed by atoms with van der Waals surface area (Å²) in [6.45, 7) is 0. The SMILES string of the molecule is N#Cc1ccc(Cl)cc1CC(SC(=N)N)c1ccccc1. The van der Waals surface area contributed by atoms with Crippen LogP contribution in [0, 0.1) is 16.7 Å². The van der Waals surface area contributed by atoms with Gasteiger partial charge in [0.25, 0.3) is 0 Å². The highest BCUT2D eigenvalue weighted by Gasteiger charge is 2.16. The number of nitrogens with two attached hydrogens (primary N) is 1. The third kappa shape index (κ3) is 4.25. The van der Waals surface area contributed by atoms with E-state index in [4.69, 9.17) is 22.7 Å². The first-order valence-electron chi connectivity index (χ1n) is 6.34. The van der Waals surface area contributed by atoms with E-state index < -0.39 is 0 Å². The molecule has 0 bridgehead atoms. The van der Waals surface area contributed by atoms with Crippen molar-refractivity contribution in [3.05, 3.63) is 70.2 Å². The Morgan fingerprint density at radius 3 is 2.62 bits per heavy atom. The smallest absolute Gasteiger partial charge is 0.151 e. The second kappa shape index (κ2) is 7.16. The van der Waals surface area contributed by atoms with Crippen LogP contribution in [0.4, 0.5) is 0 Å². The molecule has 0 radical (unpaired) electrons. The van der Waals surface area contributed by atoms with Gasteiger partial charge in [0.05, 0.1) is 11.6 Å². The van der Waals surface area contributed by atoms with Crippen LogP contribution in [0.5, 0.6) is 0 Å². The number of thioether (sulfide) groups is 1. The fraction of sp³-hybridized carbons (Fsp3) is 0.125. The van der Waals surface area contributed by atoms with Gasteiger partial charge >= 0.3 is 0 Å². The zero-order chi connectivity index (χ0) is 15.2. The van der Waals surface area contributed by atoms with Crippen molar-refractivity contribution < 1.29 is 0 Å². The highest BCUT2D eigenvalue weighted by Crippen LogP contribution is 2.33. The van der Waals surface area contributed by atoms with Crippen molar-refractivity contribution >= 4 is 28.5 Å². The van der Waals surface area contributed by atoms with E-state index in [1.54, 1.807) is 18.2 Å². The van der Waals surface area contributed by atoms with E-state index >= 15 is 0 Å². The predicted octanol–water partition coefficient (Wildman–Crippen LogP) is 4.12. The number of nitrogens with zero attached hydrogens (tertiary/aromatic N) is 1. The second-order valence-electron chi connectivity index (χ2n) is 4.50. The average molecular weight is 316 g/mol. The molecular formula is C16H14ClN3S. The Morgan fingerprint density at radius 2 is 2.00 bits per heavy atom. The van der Waals surface area contributed by atoms with Gasteiger partial charge in [0, 0.05) is 10.3 Å². The van der Waals surface area contributed by atoms with Crippen LogP contribution in [-0.2, 0) is 6.42 Å². The van der Waals surface area contributed by atoms with Gasteiger partial charge in [0.1, 0.15) is 0 Å². The molecule has 3 nitrogen and oxygen atoms in total. The summed E-state index contributed by atoms with van der Waals surface area (Å²) in [7, 11) is 0. The maximum Gasteiger partial charge on any atom is 0.151 e. The molecule has 5 heteroatoms. The Hall–Kier alpha value is -1.96. The van der Waals surface area contributed by atoms with Crippen molar-refractivity contribution in [1.29, 1.82) is 10.7 Å². The van der Waals surface area contributed by atoms with Gasteiger partial charge in [-0.2, -0.15) is 5.26 Å². The minimum Gasteiger partial charge on any atom is -0.379 e. The van der Waals surface area contributed by atoms with Crippen LogP contribution in [0.2, 0.25) is 5.02 Å². The van der Waals surface area contributed by atoms with E-state index in [-0.39, 0.29) is 10.4 Å². The lowest BCUT2D eigenvalue weighted by molar-refractivity contribution is 0.933. The minimum absolute atomic E-state index is 0.0192. The Labute approximate surface area is 133 Å². The van der Waals surface area contributed by atoms with Crippen molar-refractivity contribution in [2.45, 2.75) is 11.7 Å². The van der Waals surface area contributed by atoms with Gasteiger partial charge < -0.3 is 5.73 Å². The highest BCUT2D eigenvalue weighted by atomic mass is 35.5. The number of benzene rings is 2. The Bertz CT molecular complexity index is 680. The van der Waals surface area contributed by atoms with Gasteiger partial charge in [-0.3, -0.25) is 5.41 Å². The number of hydrogen-bond donors (Lipinski definition) is 2. The van der Waals surface area contributed by atoms with Gasteiger partial charge in [-0.05, 0) is 35.7 Å². The number of nitriles is 1. The van der Waals surface area contributed by atoms with Gasteiger partial charge in [-0.25, -0.2) is 0 Å². The molecule has 0 spiro atoms. The molecule has 0 fully saturated rings. The van der Waals surface area contributed by atoms with E-state index in [1.807, 2.05) is 30.3 Å². The number of rotatable bonds is 4. The standard InChI is InChI=1S/C16H14ClN3S/c17-14-7-6-12(10-18)13(8-14)9-15(21-16(19)20)11-4-2-1-3-5-11/h1-8,15H,9H2,(H3,19,20). The summed E-state index contributed by atoms with van der Waals surface area (Å²) in [6, 6.07) is 17.2. The summed E-state index contributed by atoms with van der Waals surface area (Å²) in [5.41, 5.74) is 8.08. The van der Waals surface area contributed by atoms with E-state index in [9.17, 15) is 5.26 Å². The van der Waals surface area contributed by atoms with Crippen LogP contribution in [-0.4, -0.2) is 5.17 Å². The molecule has 1 unspecified atom stereocenters. The normalized spacial score (nSPS) is 11.6. The maximum absolute atomic E-state index is 9.21. The van der Waals surface area contributed by atoms with Crippen molar-refractivity contribution in [1.82, 2.24) is 0 Å². The van der Waals surface area contributed by atoms with Crippen LogP contribution >= 0.6 is 23.4 Å². The molecule has 0 aliphatic heterocycles. The second-order valence-corrected chi connectivity index (χ2v) is 6.18. The van der Waals surface area contributed by atoms with E-state index in [1.165, 1.54) is 11.8 Å². The van der Waals surface area contributed by atoms with Crippen molar-refractivity contribution in [2.75, 3.05) is 0 Å². The lowest BCUT2D eigenvalue weighted by atomic mass is 10.00. The summed E-state index contributed by atoms with van der Waals surface area (Å²) >= 11 is 7.31. The molecule has 2 aromatic carbocycles. The Kier molecular flexibility index (Phi) is 5.26. The minimum atomic E-state index is -0.0192. The molecule has 0 amide bonds. The van der Waals surface area contributed by atoms with E-state index in [0.717, 1.165) is 11.1 Å². The average Bonchev–Trinajstić information content (AvgIpc) is 2.47. The predicted molar refractivity (Wildman–Crippen MR) is 88.6 cm³/mol. The fourth-order valence-corrected chi connectivity index (χ4v) is 3.15. The van der Waals surface area contributed by atoms with Gasteiger partial charge in [0.15, 0.2) is 5.17 Å². The monoisotopic (exact) mass is 315 g/mol. The summed E-state index contributed by atoms with van der Waals surface area (Å²) in [6.07, 6.45) is 0.595. The fourth-order valence-electron chi connectivity index (χ4n) is 2.09. The van der Waals surface area contributed by atoms with Gasteiger partial charge in [-0.15, -0.1) is 0 Å². The summed E-state index contributed by atoms with van der Waals surface area (Å²) in [5.74, 6) is 0. The van der Waals surface area contributed by atoms with Gasteiger partial charge in [0.2, 0.25) is 0 Å². The largest absolute Gasteiger partial charge is 0.379 e. The quantitative estimate of drug-likeness (QED) is 0.658. The first-order valence-corrected chi connectivity index (χ1v) is 7.60. The van der Waals surface area contributed by atoms with E-state index in [0.29, 0.717) is 17.0 Å². The summed E-state index contributed by atoms with van der Waals surface area (Å²) in [5, 5.41) is 17.4. The van der Waals surface area contributed by atoms with Crippen LogP contribution < -0.4 is 5.73 Å². The molecule has 0 saturated carbocycles. The third-order valence-corrected chi connectivity index (χ3v) is 4.25. The zero-order valence-electron chi connectivity index (χ0n) is 11.2. The Balaban J connectivity index is 2.34. The zero-order valence-corrected chi connectivity index (χ0v) is 12.8. The molecule has 21 heavy (non-hydrogen) atoms. The third-order valence-electron chi connectivity index (χ3n) is 3.03.